The molecular weight excluding hydrogens is 238 g/mol. The van der Waals surface area contributed by atoms with Crippen LogP contribution in [0.4, 0.5) is 0 Å². The van der Waals surface area contributed by atoms with Gasteiger partial charge in [-0.2, -0.15) is 0 Å². The van der Waals surface area contributed by atoms with Crippen molar-refractivity contribution in [3.8, 4) is 0 Å². The first-order valence-corrected chi connectivity index (χ1v) is 6.39. The lowest BCUT2D eigenvalue weighted by molar-refractivity contribution is 0.0680. The molecule has 0 spiro atoms. The summed E-state index contributed by atoms with van der Waals surface area (Å²) in [6, 6.07) is 0.224. The minimum atomic E-state index is -0.0417. The standard InChI is InChI=1S/C12H18ClN3O/c1-3-11(4-2)16(6-5-13)12(17)10-7-14-9-15-8-10/h7-9,11H,3-6H2,1-2H3. The third-order valence-electron chi connectivity index (χ3n) is 2.78. The van der Waals surface area contributed by atoms with E-state index in [1.165, 1.54) is 6.33 Å². The number of amides is 1. The van der Waals surface area contributed by atoms with Crippen LogP contribution in [-0.2, 0) is 0 Å². The molecule has 5 heteroatoms. The van der Waals surface area contributed by atoms with E-state index in [0.717, 1.165) is 12.8 Å². The number of hydrogen-bond acceptors (Lipinski definition) is 3. The van der Waals surface area contributed by atoms with Crippen molar-refractivity contribution < 1.29 is 4.79 Å². The molecule has 0 atom stereocenters. The van der Waals surface area contributed by atoms with Crippen LogP contribution in [0.3, 0.4) is 0 Å². The largest absolute Gasteiger partial charge is 0.334 e. The lowest BCUT2D eigenvalue weighted by Crippen LogP contribution is -2.41. The number of halogens is 1. The summed E-state index contributed by atoms with van der Waals surface area (Å²) < 4.78 is 0. The second-order valence-electron chi connectivity index (χ2n) is 3.79. The summed E-state index contributed by atoms with van der Waals surface area (Å²) in [7, 11) is 0. The third kappa shape index (κ3) is 3.66. The molecule has 0 aliphatic heterocycles. The van der Waals surface area contributed by atoms with Gasteiger partial charge in [0.1, 0.15) is 6.33 Å². The van der Waals surface area contributed by atoms with E-state index in [1.54, 1.807) is 12.4 Å². The molecule has 0 N–H and O–H groups in total. The molecule has 0 radical (unpaired) electrons. The smallest absolute Gasteiger partial charge is 0.257 e. The van der Waals surface area contributed by atoms with Crippen LogP contribution in [0.1, 0.15) is 37.0 Å². The van der Waals surface area contributed by atoms with Gasteiger partial charge < -0.3 is 4.90 Å². The van der Waals surface area contributed by atoms with Gasteiger partial charge >= 0.3 is 0 Å². The molecule has 0 saturated carbocycles. The van der Waals surface area contributed by atoms with E-state index in [4.69, 9.17) is 11.6 Å². The van der Waals surface area contributed by atoms with E-state index >= 15 is 0 Å². The van der Waals surface area contributed by atoms with Gasteiger partial charge in [-0.15, -0.1) is 11.6 Å². The molecule has 1 aromatic rings. The van der Waals surface area contributed by atoms with E-state index in [9.17, 15) is 4.79 Å². The van der Waals surface area contributed by atoms with Crippen molar-refractivity contribution in [2.24, 2.45) is 0 Å². The molecule has 1 amide bonds. The minimum Gasteiger partial charge on any atom is -0.334 e. The highest BCUT2D eigenvalue weighted by Gasteiger charge is 2.21. The van der Waals surface area contributed by atoms with Crippen molar-refractivity contribution in [2.75, 3.05) is 12.4 Å². The number of carbonyl (C=O) groups is 1. The Morgan fingerprint density at radius 1 is 1.35 bits per heavy atom. The Kier molecular flexibility index (Phi) is 5.91. The Hall–Kier alpha value is -1.16. The lowest BCUT2D eigenvalue weighted by atomic mass is 10.1. The highest BCUT2D eigenvalue weighted by Crippen LogP contribution is 2.12. The molecular formula is C12H18ClN3O. The fourth-order valence-corrected chi connectivity index (χ4v) is 2.03. The van der Waals surface area contributed by atoms with Crippen molar-refractivity contribution in [1.82, 2.24) is 14.9 Å². The van der Waals surface area contributed by atoms with Gasteiger partial charge in [-0.25, -0.2) is 9.97 Å². The molecule has 0 aliphatic rings. The maximum absolute atomic E-state index is 12.3. The van der Waals surface area contributed by atoms with Gasteiger partial charge in [0, 0.05) is 30.9 Å². The number of carbonyl (C=O) groups excluding carboxylic acids is 1. The second-order valence-corrected chi connectivity index (χ2v) is 4.16. The fraction of sp³-hybridized carbons (Fsp3) is 0.583. The van der Waals surface area contributed by atoms with Crippen molar-refractivity contribution in [3.05, 3.63) is 24.3 Å². The predicted molar refractivity (Wildman–Crippen MR) is 68.2 cm³/mol. The Morgan fingerprint density at radius 2 is 1.94 bits per heavy atom. The van der Waals surface area contributed by atoms with E-state index in [-0.39, 0.29) is 11.9 Å². The highest BCUT2D eigenvalue weighted by molar-refractivity contribution is 6.18. The molecule has 0 aromatic carbocycles. The molecule has 0 unspecified atom stereocenters. The molecule has 4 nitrogen and oxygen atoms in total. The van der Waals surface area contributed by atoms with Crippen LogP contribution < -0.4 is 0 Å². The van der Waals surface area contributed by atoms with Gasteiger partial charge in [-0.1, -0.05) is 13.8 Å². The van der Waals surface area contributed by atoms with Crippen LogP contribution in [0.15, 0.2) is 18.7 Å². The van der Waals surface area contributed by atoms with Crippen LogP contribution in [0.5, 0.6) is 0 Å². The van der Waals surface area contributed by atoms with E-state index < -0.39 is 0 Å². The number of rotatable bonds is 6. The molecule has 1 heterocycles. The molecule has 0 fully saturated rings. The van der Waals surface area contributed by atoms with E-state index in [0.29, 0.717) is 18.0 Å². The van der Waals surface area contributed by atoms with Crippen LogP contribution in [0.2, 0.25) is 0 Å². The zero-order valence-corrected chi connectivity index (χ0v) is 11.0. The van der Waals surface area contributed by atoms with Crippen LogP contribution in [0.25, 0.3) is 0 Å². The summed E-state index contributed by atoms with van der Waals surface area (Å²) in [5.74, 6) is 0.399. The van der Waals surface area contributed by atoms with Crippen LogP contribution in [-0.4, -0.2) is 39.2 Å². The van der Waals surface area contributed by atoms with Gasteiger partial charge in [0.15, 0.2) is 0 Å². The zero-order valence-electron chi connectivity index (χ0n) is 10.3. The number of hydrogen-bond donors (Lipinski definition) is 0. The highest BCUT2D eigenvalue weighted by atomic mass is 35.5. The number of aromatic nitrogens is 2. The maximum Gasteiger partial charge on any atom is 0.257 e. The summed E-state index contributed by atoms with van der Waals surface area (Å²) in [6.45, 7) is 4.70. The van der Waals surface area contributed by atoms with Crippen molar-refractivity contribution >= 4 is 17.5 Å². The molecule has 1 rings (SSSR count). The Bertz CT molecular complexity index is 341. The van der Waals surface area contributed by atoms with E-state index in [2.05, 4.69) is 23.8 Å². The van der Waals surface area contributed by atoms with Crippen LogP contribution in [0, 0.1) is 0 Å². The van der Waals surface area contributed by atoms with Gasteiger partial charge in [0.25, 0.3) is 5.91 Å². The molecule has 0 aliphatic carbocycles. The maximum atomic E-state index is 12.3. The van der Waals surface area contributed by atoms with Crippen molar-refractivity contribution in [3.63, 3.8) is 0 Å². The molecule has 0 bridgehead atoms. The lowest BCUT2D eigenvalue weighted by Gasteiger charge is -2.29. The zero-order chi connectivity index (χ0) is 12.7. The van der Waals surface area contributed by atoms with Gasteiger partial charge in [0.2, 0.25) is 0 Å². The fourth-order valence-electron chi connectivity index (χ4n) is 1.85. The topological polar surface area (TPSA) is 46.1 Å². The first-order chi connectivity index (χ1) is 8.24. The summed E-state index contributed by atoms with van der Waals surface area (Å²) in [6.07, 6.45) is 6.34. The Morgan fingerprint density at radius 3 is 2.41 bits per heavy atom. The van der Waals surface area contributed by atoms with Gasteiger partial charge in [-0.3, -0.25) is 4.79 Å². The summed E-state index contributed by atoms with van der Waals surface area (Å²) in [5, 5.41) is 0. The average Bonchev–Trinajstić information content (AvgIpc) is 2.39. The number of alkyl halides is 1. The number of nitrogens with zero attached hydrogens (tertiary/aromatic N) is 3. The summed E-state index contributed by atoms with van der Waals surface area (Å²) >= 11 is 5.76. The first-order valence-electron chi connectivity index (χ1n) is 5.86. The second kappa shape index (κ2) is 7.22. The van der Waals surface area contributed by atoms with E-state index in [1.807, 2.05) is 4.90 Å². The molecule has 94 valence electrons. The molecule has 0 saturated heterocycles. The third-order valence-corrected chi connectivity index (χ3v) is 2.95. The van der Waals surface area contributed by atoms with Crippen molar-refractivity contribution in [2.45, 2.75) is 32.7 Å². The van der Waals surface area contributed by atoms with Crippen LogP contribution >= 0.6 is 11.6 Å². The summed E-state index contributed by atoms with van der Waals surface area (Å²) in [4.78, 5) is 21.8. The normalized spacial score (nSPS) is 10.6. The van der Waals surface area contributed by atoms with Crippen molar-refractivity contribution in [1.29, 1.82) is 0 Å². The van der Waals surface area contributed by atoms with Gasteiger partial charge in [-0.05, 0) is 12.8 Å². The SMILES string of the molecule is CCC(CC)N(CCCl)C(=O)c1cncnc1. The summed E-state index contributed by atoms with van der Waals surface area (Å²) in [5.41, 5.74) is 0.518. The molecule has 1 aromatic heterocycles. The Balaban J connectivity index is 2.87. The average molecular weight is 256 g/mol. The first kappa shape index (κ1) is 13.9. The molecule has 17 heavy (non-hydrogen) atoms. The van der Waals surface area contributed by atoms with Gasteiger partial charge in [0.05, 0.1) is 5.56 Å². The predicted octanol–water partition coefficient (Wildman–Crippen LogP) is 2.35. The minimum absolute atomic E-state index is 0.0417. The Labute approximate surface area is 107 Å². The quantitative estimate of drug-likeness (QED) is 0.733. The monoisotopic (exact) mass is 255 g/mol.